The Morgan fingerprint density at radius 2 is 1.57 bits per heavy atom. The standard InChI is InChI=1S/C16H18F6O/c1-13(2,16(20,21)22)10-7-11(14(3)4-5-14)12(23)6-9(10)8-15(17,18)19/h6-7,23H,4-5,8H2,1-3H3. The van der Waals surface area contributed by atoms with E-state index in [0.717, 1.165) is 26.0 Å². The van der Waals surface area contributed by atoms with Crippen LogP contribution in [0.3, 0.4) is 0 Å². The molecule has 1 aromatic rings. The molecule has 1 aromatic carbocycles. The zero-order valence-corrected chi connectivity index (χ0v) is 13.0. The van der Waals surface area contributed by atoms with Crippen LogP contribution in [-0.2, 0) is 17.3 Å². The number of halogens is 6. The van der Waals surface area contributed by atoms with Crippen LogP contribution in [0.25, 0.3) is 0 Å². The quantitative estimate of drug-likeness (QED) is 0.732. The molecule has 0 radical (unpaired) electrons. The Hall–Kier alpha value is -1.40. The molecular weight excluding hydrogens is 322 g/mol. The van der Waals surface area contributed by atoms with E-state index in [1.165, 1.54) is 0 Å². The van der Waals surface area contributed by atoms with Gasteiger partial charge < -0.3 is 5.11 Å². The smallest absolute Gasteiger partial charge is 0.397 e. The van der Waals surface area contributed by atoms with Gasteiger partial charge in [0.25, 0.3) is 0 Å². The molecule has 0 amide bonds. The average molecular weight is 340 g/mol. The number of benzene rings is 1. The SMILES string of the molecule is CC1(c2cc(C(C)(C)C(F)(F)F)c(CC(F)(F)F)cc2O)CC1. The Labute approximate surface area is 130 Å². The molecule has 23 heavy (non-hydrogen) atoms. The number of aromatic hydroxyl groups is 1. The Kier molecular flexibility index (Phi) is 3.94. The lowest BCUT2D eigenvalue weighted by molar-refractivity contribution is -0.181. The van der Waals surface area contributed by atoms with E-state index >= 15 is 0 Å². The minimum Gasteiger partial charge on any atom is -0.508 e. The van der Waals surface area contributed by atoms with E-state index in [1.807, 2.05) is 0 Å². The maximum Gasteiger partial charge on any atom is 0.397 e. The summed E-state index contributed by atoms with van der Waals surface area (Å²) in [4.78, 5) is 0. The van der Waals surface area contributed by atoms with Crippen molar-refractivity contribution in [2.75, 3.05) is 0 Å². The third-order valence-electron chi connectivity index (χ3n) is 4.64. The third-order valence-corrected chi connectivity index (χ3v) is 4.64. The van der Waals surface area contributed by atoms with Crippen LogP contribution >= 0.6 is 0 Å². The maximum absolute atomic E-state index is 13.3. The number of hydrogen-bond acceptors (Lipinski definition) is 1. The molecule has 0 unspecified atom stereocenters. The van der Waals surface area contributed by atoms with Crippen molar-refractivity contribution in [3.8, 4) is 5.75 Å². The fourth-order valence-corrected chi connectivity index (χ4v) is 2.67. The summed E-state index contributed by atoms with van der Waals surface area (Å²) < 4.78 is 78.2. The van der Waals surface area contributed by atoms with Crippen molar-refractivity contribution in [1.29, 1.82) is 0 Å². The number of phenolic OH excluding ortho intramolecular Hbond substituents is 1. The molecule has 7 heteroatoms. The van der Waals surface area contributed by atoms with E-state index in [2.05, 4.69) is 0 Å². The molecular formula is C16H18F6O. The van der Waals surface area contributed by atoms with E-state index in [4.69, 9.17) is 0 Å². The second kappa shape index (κ2) is 5.05. The topological polar surface area (TPSA) is 20.2 Å². The van der Waals surface area contributed by atoms with Crippen LogP contribution in [-0.4, -0.2) is 17.5 Å². The highest BCUT2D eigenvalue weighted by atomic mass is 19.4. The summed E-state index contributed by atoms with van der Waals surface area (Å²) in [5, 5.41) is 10.0. The number of rotatable bonds is 3. The van der Waals surface area contributed by atoms with Gasteiger partial charge in [0.1, 0.15) is 5.75 Å². The molecule has 1 aliphatic carbocycles. The summed E-state index contributed by atoms with van der Waals surface area (Å²) in [6, 6.07) is 1.95. The minimum atomic E-state index is -4.70. The highest BCUT2D eigenvalue weighted by molar-refractivity contribution is 5.50. The van der Waals surface area contributed by atoms with Gasteiger partial charge >= 0.3 is 12.4 Å². The lowest BCUT2D eigenvalue weighted by Crippen LogP contribution is -2.38. The van der Waals surface area contributed by atoms with E-state index < -0.39 is 40.7 Å². The van der Waals surface area contributed by atoms with Crippen molar-refractivity contribution < 1.29 is 31.4 Å². The predicted octanol–water partition coefficient (Wildman–Crippen LogP) is 5.39. The number of alkyl halides is 6. The summed E-state index contributed by atoms with van der Waals surface area (Å²) in [5.74, 6) is -0.369. The van der Waals surface area contributed by atoms with Crippen LogP contribution in [0.4, 0.5) is 26.3 Å². The van der Waals surface area contributed by atoms with Gasteiger partial charge in [0.15, 0.2) is 0 Å². The molecule has 0 bridgehead atoms. The lowest BCUT2D eigenvalue weighted by Gasteiger charge is -2.32. The minimum absolute atomic E-state index is 0.288. The van der Waals surface area contributed by atoms with Crippen LogP contribution in [0.2, 0.25) is 0 Å². The van der Waals surface area contributed by atoms with Gasteiger partial charge in [-0.25, -0.2) is 0 Å². The van der Waals surface area contributed by atoms with Gasteiger partial charge in [0.2, 0.25) is 0 Å². The first-order valence-corrected chi connectivity index (χ1v) is 7.18. The van der Waals surface area contributed by atoms with Crippen LogP contribution in [0.5, 0.6) is 5.75 Å². The van der Waals surface area contributed by atoms with Crippen molar-refractivity contribution >= 4 is 0 Å². The van der Waals surface area contributed by atoms with E-state index in [-0.39, 0.29) is 11.3 Å². The second-order valence-electron chi connectivity index (χ2n) is 7.00. The monoisotopic (exact) mass is 340 g/mol. The van der Waals surface area contributed by atoms with Crippen molar-refractivity contribution in [3.63, 3.8) is 0 Å². The van der Waals surface area contributed by atoms with Gasteiger partial charge in [0, 0.05) is 5.56 Å². The van der Waals surface area contributed by atoms with Crippen molar-refractivity contribution in [2.45, 2.75) is 63.2 Å². The van der Waals surface area contributed by atoms with Crippen molar-refractivity contribution in [2.24, 2.45) is 0 Å². The Balaban J connectivity index is 2.65. The highest BCUT2D eigenvalue weighted by Gasteiger charge is 2.51. The fourth-order valence-electron chi connectivity index (χ4n) is 2.67. The zero-order valence-electron chi connectivity index (χ0n) is 13.0. The molecule has 2 rings (SSSR count). The molecule has 130 valence electrons. The first-order chi connectivity index (χ1) is 10.2. The number of hydrogen-bond donors (Lipinski definition) is 1. The molecule has 0 atom stereocenters. The van der Waals surface area contributed by atoms with Crippen LogP contribution in [0.1, 0.15) is 50.3 Å². The van der Waals surface area contributed by atoms with E-state index in [9.17, 15) is 31.4 Å². The van der Waals surface area contributed by atoms with Gasteiger partial charge in [0.05, 0.1) is 11.8 Å². The first kappa shape index (κ1) is 17.9. The van der Waals surface area contributed by atoms with Crippen molar-refractivity contribution in [1.82, 2.24) is 0 Å². The highest BCUT2D eigenvalue weighted by Crippen LogP contribution is 2.53. The molecule has 0 saturated heterocycles. The van der Waals surface area contributed by atoms with Gasteiger partial charge in [-0.3, -0.25) is 0 Å². The molecule has 1 N–H and O–H groups in total. The van der Waals surface area contributed by atoms with Crippen molar-refractivity contribution in [3.05, 3.63) is 28.8 Å². The molecule has 0 spiro atoms. The van der Waals surface area contributed by atoms with E-state index in [0.29, 0.717) is 12.8 Å². The normalized spacial score (nSPS) is 18.1. The fraction of sp³-hybridized carbons (Fsp3) is 0.625. The molecule has 0 aromatic heterocycles. The summed E-state index contributed by atoms with van der Waals surface area (Å²) in [5.41, 5.74) is -3.58. The molecule has 1 fully saturated rings. The molecule has 1 aliphatic rings. The summed E-state index contributed by atoms with van der Waals surface area (Å²) >= 11 is 0. The molecule has 0 heterocycles. The summed E-state index contributed by atoms with van der Waals surface area (Å²) in [7, 11) is 0. The summed E-state index contributed by atoms with van der Waals surface area (Å²) in [6.07, 6.45) is -9.50. The van der Waals surface area contributed by atoms with E-state index in [1.54, 1.807) is 6.92 Å². The molecule has 1 nitrogen and oxygen atoms in total. The molecule has 0 aliphatic heterocycles. The van der Waals surface area contributed by atoms with Gasteiger partial charge in [-0.05, 0) is 49.3 Å². The molecule has 1 saturated carbocycles. The van der Waals surface area contributed by atoms with Gasteiger partial charge in [-0.2, -0.15) is 26.3 Å². The Morgan fingerprint density at radius 3 is 1.96 bits per heavy atom. The summed E-state index contributed by atoms with van der Waals surface area (Å²) in [6.45, 7) is 3.49. The van der Waals surface area contributed by atoms with Gasteiger partial charge in [-0.1, -0.05) is 13.0 Å². The second-order valence-corrected chi connectivity index (χ2v) is 7.00. The van der Waals surface area contributed by atoms with Crippen LogP contribution in [0, 0.1) is 0 Å². The first-order valence-electron chi connectivity index (χ1n) is 7.18. The van der Waals surface area contributed by atoms with Gasteiger partial charge in [-0.15, -0.1) is 0 Å². The predicted molar refractivity (Wildman–Crippen MR) is 73.5 cm³/mol. The zero-order chi connectivity index (χ0) is 17.8. The Morgan fingerprint density at radius 1 is 1.04 bits per heavy atom. The maximum atomic E-state index is 13.3. The largest absolute Gasteiger partial charge is 0.508 e. The van der Waals surface area contributed by atoms with Crippen LogP contribution in [0.15, 0.2) is 12.1 Å². The lowest BCUT2D eigenvalue weighted by atomic mass is 9.78. The third kappa shape index (κ3) is 3.43. The Bertz CT molecular complexity index is 608. The number of phenols is 1. The van der Waals surface area contributed by atoms with Crippen LogP contribution < -0.4 is 0 Å². The average Bonchev–Trinajstić information content (AvgIpc) is 3.04.